The lowest BCUT2D eigenvalue weighted by molar-refractivity contribution is 0.130. The second-order valence-electron chi connectivity index (χ2n) is 4.63. The summed E-state index contributed by atoms with van der Waals surface area (Å²) in [4.78, 5) is 19.5. The molecule has 1 aliphatic rings. The van der Waals surface area contributed by atoms with Crippen LogP contribution in [0.3, 0.4) is 0 Å². The molecule has 0 amide bonds. The van der Waals surface area contributed by atoms with E-state index in [9.17, 15) is 4.79 Å². The zero-order chi connectivity index (χ0) is 13.0. The van der Waals surface area contributed by atoms with Crippen molar-refractivity contribution in [3.63, 3.8) is 0 Å². The highest BCUT2D eigenvalue weighted by Gasteiger charge is 2.27. The van der Waals surface area contributed by atoms with Crippen LogP contribution in [0.5, 0.6) is 0 Å². The molecule has 0 spiro atoms. The van der Waals surface area contributed by atoms with Crippen molar-refractivity contribution in [2.75, 3.05) is 0 Å². The molecule has 0 atom stereocenters. The number of nitrogens with zero attached hydrogens (tertiary/aromatic N) is 2. The number of rotatable bonds is 5. The van der Waals surface area contributed by atoms with E-state index in [1.165, 1.54) is 18.4 Å². The monoisotopic (exact) mass is 244 g/mol. The van der Waals surface area contributed by atoms with Crippen LogP contribution in [0.1, 0.15) is 43.7 Å². The fourth-order valence-electron chi connectivity index (χ4n) is 1.91. The first kappa shape index (κ1) is 12.5. The van der Waals surface area contributed by atoms with Gasteiger partial charge < -0.3 is 4.84 Å². The number of carbonyl (C=O) groups excluding carboxylic acids is 1. The van der Waals surface area contributed by atoms with Crippen molar-refractivity contribution in [2.45, 2.75) is 39.2 Å². The summed E-state index contributed by atoms with van der Waals surface area (Å²) in [5.41, 5.74) is 3.67. The van der Waals surface area contributed by atoms with E-state index >= 15 is 0 Å². The van der Waals surface area contributed by atoms with Gasteiger partial charge in [0.1, 0.15) is 6.61 Å². The first-order valence-electron chi connectivity index (χ1n) is 6.05. The van der Waals surface area contributed by atoms with Gasteiger partial charge in [-0.3, -0.25) is 0 Å². The molecule has 4 heteroatoms. The van der Waals surface area contributed by atoms with Gasteiger partial charge in [0.15, 0.2) is 0 Å². The average Bonchev–Trinajstić information content (AvgIpc) is 3.14. The molecule has 0 aromatic heterocycles. The van der Waals surface area contributed by atoms with E-state index in [0.717, 1.165) is 11.3 Å². The lowest BCUT2D eigenvalue weighted by Crippen LogP contribution is -1.96. The minimum Gasteiger partial charge on any atom is -0.391 e. The van der Waals surface area contributed by atoms with Gasteiger partial charge in [0.25, 0.3) is 0 Å². The van der Waals surface area contributed by atoms with Crippen molar-refractivity contribution in [1.82, 2.24) is 0 Å². The van der Waals surface area contributed by atoms with Gasteiger partial charge >= 0.3 is 0 Å². The van der Waals surface area contributed by atoms with E-state index in [4.69, 9.17) is 4.84 Å². The lowest BCUT2D eigenvalue weighted by atomic mass is 10.0. The Bertz CT molecular complexity index is 509. The molecule has 1 aromatic rings. The van der Waals surface area contributed by atoms with Crippen molar-refractivity contribution >= 4 is 17.5 Å². The van der Waals surface area contributed by atoms with Gasteiger partial charge in [0.2, 0.25) is 6.08 Å². The summed E-state index contributed by atoms with van der Waals surface area (Å²) < 4.78 is 0. The predicted octanol–water partition coefficient (Wildman–Crippen LogP) is 3.44. The molecule has 0 aliphatic heterocycles. The molecule has 18 heavy (non-hydrogen) atoms. The Balaban J connectivity index is 2.27. The minimum atomic E-state index is 0.346. The molecular formula is C14H16N2O2. The van der Waals surface area contributed by atoms with Crippen molar-refractivity contribution in [3.05, 3.63) is 29.3 Å². The Hall–Kier alpha value is -1.93. The van der Waals surface area contributed by atoms with Gasteiger partial charge in [-0.1, -0.05) is 17.3 Å². The fraction of sp³-hybridized carbons (Fsp3) is 0.429. The molecule has 0 radical (unpaired) electrons. The third-order valence-corrected chi connectivity index (χ3v) is 2.83. The van der Waals surface area contributed by atoms with Crippen LogP contribution in [0.25, 0.3) is 0 Å². The summed E-state index contributed by atoms with van der Waals surface area (Å²) in [6, 6.07) is 5.79. The summed E-state index contributed by atoms with van der Waals surface area (Å²) in [6.45, 7) is 4.09. The lowest BCUT2D eigenvalue weighted by Gasteiger charge is -2.10. The smallest absolute Gasteiger partial charge is 0.240 e. The standard InChI is InChI=1S/C14H16N2O2/c1-10(2)16-18-8-13-12(11-6-7-11)4-3-5-14(13)15-9-17/h3-5,11H,6-8H2,1-2H3. The number of hydrogen-bond acceptors (Lipinski definition) is 4. The maximum atomic E-state index is 10.4. The second kappa shape index (κ2) is 5.61. The van der Waals surface area contributed by atoms with Crippen molar-refractivity contribution in [3.8, 4) is 0 Å². The fourth-order valence-corrected chi connectivity index (χ4v) is 1.91. The van der Waals surface area contributed by atoms with Gasteiger partial charge in [-0.2, -0.15) is 4.99 Å². The molecule has 0 N–H and O–H groups in total. The summed E-state index contributed by atoms with van der Waals surface area (Å²) >= 11 is 0. The van der Waals surface area contributed by atoms with Gasteiger partial charge in [0.05, 0.1) is 11.4 Å². The minimum absolute atomic E-state index is 0.346. The Morgan fingerprint density at radius 3 is 2.83 bits per heavy atom. The Morgan fingerprint density at radius 2 is 2.22 bits per heavy atom. The van der Waals surface area contributed by atoms with E-state index < -0.39 is 0 Å². The van der Waals surface area contributed by atoms with Crippen LogP contribution in [-0.2, 0) is 16.2 Å². The second-order valence-corrected chi connectivity index (χ2v) is 4.63. The molecule has 0 bridgehead atoms. The molecule has 0 heterocycles. The van der Waals surface area contributed by atoms with Crippen LogP contribution in [-0.4, -0.2) is 11.8 Å². The van der Waals surface area contributed by atoms with E-state index in [1.54, 1.807) is 12.1 Å². The molecule has 0 saturated heterocycles. The summed E-state index contributed by atoms with van der Waals surface area (Å²) in [7, 11) is 0. The quantitative estimate of drug-likeness (QED) is 0.452. The number of hydrogen-bond donors (Lipinski definition) is 0. The SMILES string of the molecule is CC(C)=NOCc1c(N=C=O)cccc1C1CC1. The van der Waals surface area contributed by atoms with Gasteiger partial charge in [0, 0.05) is 5.56 Å². The Kier molecular flexibility index (Phi) is 3.90. The van der Waals surface area contributed by atoms with Gasteiger partial charge in [-0.15, -0.1) is 0 Å². The van der Waals surface area contributed by atoms with Crippen LogP contribution < -0.4 is 0 Å². The van der Waals surface area contributed by atoms with Crippen LogP contribution in [0.4, 0.5) is 5.69 Å². The molecule has 94 valence electrons. The molecule has 1 saturated carbocycles. The summed E-state index contributed by atoms with van der Waals surface area (Å²) in [6.07, 6.45) is 3.98. The van der Waals surface area contributed by atoms with Crippen LogP contribution >= 0.6 is 0 Å². The molecule has 0 unspecified atom stereocenters. The number of isocyanates is 1. The first-order valence-corrected chi connectivity index (χ1v) is 6.05. The van der Waals surface area contributed by atoms with E-state index in [0.29, 0.717) is 18.2 Å². The Labute approximate surface area is 106 Å². The largest absolute Gasteiger partial charge is 0.391 e. The predicted molar refractivity (Wildman–Crippen MR) is 69.8 cm³/mol. The highest BCUT2D eigenvalue weighted by atomic mass is 16.6. The van der Waals surface area contributed by atoms with Crippen LogP contribution in [0.15, 0.2) is 28.3 Å². The molecule has 1 fully saturated rings. The van der Waals surface area contributed by atoms with Gasteiger partial charge in [-0.05, 0) is 44.2 Å². The molecule has 1 aromatic carbocycles. The summed E-state index contributed by atoms with van der Waals surface area (Å²) in [5.74, 6) is 0.581. The molecule has 2 rings (SSSR count). The van der Waals surface area contributed by atoms with Crippen molar-refractivity contribution in [1.29, 1.82) is 0 Å². The third kappa shape index (κ3) is 3.05. The zero-order valence-corrected chi connectivity index (χ0v) is 10.6. The van der Waals surface area contributed by atoms with Gasteiger partial charge in [-0.25, -0.2) is 4.79 Å². The first-order chi connectivity index (χ1) is 8.72. The van der Waals surface area contributed by atoms with E-state index in [2.05, 4.69) is 16.2 Å². The van der Waals surface area contributed by atoms with Crippen LogP contribution in [0.2, 0.25) is 0 Å². The number of oxime groups is 1. The molecular weight excluding hydrogens is 228 g/mol. The zero-order valence-electron chi connectivity index (χ0n) is 10.6. The molecule has 4 nitrogen and oxygen atoms in total. The maximum absolute atomic E-state index is 10.4. The van der Waals surface area contributed by atoms with E-state index in [-0.39, 0.29) is 0 Å². The van der Waals surface area contributed by atoms with Crippen molar-refractivity contribution in [2.24, 2.45) is 10.1 Å². The van der Waals surface area contributed by atoms with Crippen molar-refractivity contribution < 1.29 is 9.63 Å². The van der Waals surface area contributed by atoms with E-state index in [1.807, 2.05) is 19.9 Å². The molecule has 1 aliphatic carbocycles. The summed E-state index contributed by atoms with van der Waals surface area (Å²) in [5, 5.41) is 3.92. The average molecular weight is 244 g/mol. The normalized spacial score (nSPS) is 13.7. The maximum Gasteiger partial charge on any atom is 0.240 e. The number of benzene rings is 1. The number of aliphatic imine (C=N–C) groups is 1. The topological polar surface area (TPSA) is 51.0 Å². The highest BCUT2D eigenvalue weighted by Crippen LogP contribution is 2.43. The Morgan fingerprint density at radius 1 is 1.44 bits per heavy atom. The highest BCUT2D eigenvalue weighted by molar-refractivity contribution is 5.78. The third-order valence-electron chi connectivity index (χ3n) is 2.83. The van der Waals surface area contributed by atoms with Crippen LogP contribution in [0, 0.1) is 0 Å².